The Morgan fingerprint density at radius 2 is 1.83 bits per heavy atom. The molecule has 30 heavy (non-hydrogen) atoms. The summed E-state index contributed by atoms with van der Waals surface area (Å²) in [6.07, 6.45) is 3.67. The highest BCUT2D eigenvalue weighted by molar-refractivity contribution is 5.80. The number of piperazine rings is 1. The van der Waals surface area contributed by atoms with Crippen LogP contribution in [0, 0.1) is 5.92 Å². The number of carbonyl (C=O) groups excluding carboxylic acids is 1. The molecule has 1 aromatic carbocycles. The number of rotatable bonds is 6. The lowest BCUT2D eigenvalue weighted by atomic mass is 9.87. The van der Waals surface area contributed by atoms with E-state index in [-0.39, 0.29) is 11.8 Å². The van der Waals surface area contributed by atoms with E-state index in [1.807, 2.05) is 36.1 Å². The molecule has 7 heteroatoms. The van der Waals surface area contributed by atoms with Crippen LogP contribution in [0.1, 0.15) is 30.0 Å². The average molecular weight is 412 g/mol. The molecule has 1 aliphatic heterocycles. The zero-order valence-corrected chi connectivity index (χ0v) is 18.3. The summed E-state index contributed by atoms with van der Waals surface area (Å²) in [4.78, 5) is 17.9. The summed E-state index contributed by atoms with van der Waals surface area (Å²) in [6, 6.07) is 10.6. The maximum Gasteiger partial charge on any atom is 0.226 e. The Bertz CT molecular complexity index is 842. The van der Waals surface area contributed by atoms with E-state index in [1.54, 1.807) is 7.11 Å². The first-order chi connectivity index (χ1) is 14.5. The first-order valence-electron chi connectivity index (χ1n) is 10.9. The molecule has 7 nitrogen and oxygen atoms in total. The van der Waals surface area contributed by atoms with Gasteiger partial charge in [0.1, 0.15) is 5.75 Å². The number of likely N-dealkylation sites (N-methyl/N-ethyl adjacent to an activating group) is 1. The molecule has 1 aliphatic carbocycles. The molecule has 1 N–H and O–H groups in total. The van der Waals surface area contributed by atoms with E-state index in [4.69, 9.17) is 4.74 Å². The highest BCUT2D eigenvalue weighted by Crippen LogP contribution is 2.41. The van der Waals surface area contributed by atoms with Gasteiger partial charge in [0, 0.05) is 57.9 Å². The molecule has 3 atom stereocenters. The summed E-state index contributed by atoms with van der Waals surface area (Å²) in [5, 5.41) is 7.93. The zero-order valence-electron chi connectivity index (χ0n) is 18.3. The van der Waals surface area contributed by atoms with Crippen molar-refractivity contribution < 1.29 is 9.53 Å². The normalized spacial score (nSPS) is 24.9. The predicted molar refractivity (Wildman–Crippen MR) is 116 cm³/mol. The van der Waals surface area contributed by atoms with E-state index in [0.717, 1.165) is 57.0 Å². The van der Waals surface area contributed by atoms with Crippen LogP contribution in [-0.4, -0.2) is 71.9 Å². The number of ether oxygens (including phenoxy) is 1. The molecule has 0 unspecified atom stereocenters. The lowest BCUT2D eigenvalue weighted by Gasteiger charge is -2.35. The van der Waals surface area contributed by atoms with Gasteiger partial charge in [0.25, 0.3) is 0 Å². The van der Waals surface area contributed by atoms with Gasteiger partial charge in [-0.2, -0.15) is 5.10 Å². The van der Waals surface area contributed by atoms with Crippen LogP contribution in [0.25, 0.3) is 0 Å². The number of methoxy groups -OCH3 is 1. The monoisotopic (exact) mass is 411 g/mol. The quantitative estimate of drug-likeness (QED) is 0.786. The maximum absolute atomic E-state index is 13.5. The van der Waals surface area contributed by atoms with Crippen molar-refractivity contribution in [2.75, 3.05) is 40.3 Å². The molecule has 2 fully saturated rings. The fourth-order valence-electron chi connectivity index (χ4n) is 4.78. The van der Waals surface area contributed by atoms with Crippen molar-refractivity contribution in [2.45, 2.75) is 31.3 Å². The molecule has 1 amide bonds. The summed E-state index contributed by atoms with van der Waals surface area (Å²) in [6.45, 7) is 4.33. The smallest absolute Gasteiger partial charge is 0.226 e. The van der Waals surface area contributed by atoms with E-state index in [9.17, 15) is 4.79 Å². The van der Waals surface area contributed by atoms with Gasteiger partial charge in [0.05, 0.1) is 12.8 Å². The number of nitrogens with zero attached hydrogens (tertiary/aromatic N) is 4. The maximum atomic E-state index is 13.5. The van der Waals surface area contributed by atoms with Gasteiger partial charge in [-0.3, -0.25) is 9.48 Å². The zero-order chi connectivity index (χ0) is 21.1. The van der Waals surface area contributed by atoms with Gasteiger partial charge in [-0.05, 0) is 49.6 Å². The molecule has 1 saturated carbocycles. The molecule has 2 aliphatic rings. The Labute approximate surface area is 179 Å². The topological polar surface area (TPSA) is 62.6 Å². The van der Waals surface area contributed by atoms with Crippen LogP contribution in [0.3, 0.4) is 0 Å². The molecule has 2 aromatic rings. The van der Waals surface area contributed by atoms with Crippen LogP contribution < -0.4 is 10.1 Å². The minimum atomic E-state index is 0.0193. The van der Waals surface area contributed by atoms with Gasteiger partial charge < -0.3 is 19.9 Å². The van der Waals surface area contributed by atoms with Gasteiger partial charge in [-0.1, -0.05) is 12.1 Å². The lowest BCUT2D eigenvalue weighted by molar-refractivity contribution is -0.137. The Hall–Kier alpha value is -2.38. The van der Waals surface area contributed by atoms with Gasteiger partial charge >= 0.3 is 0 Å². The number of amides is 1. The number of aromatic nitrogens is 2. The van der Waals surface area contributed by atoms with Gasteiger partial charge in [-0.25, -0.2) is 0 Å². The van der Waals surface area contributed by atoms with Crippen LogP contribution in [0.4, 0.5) is 0 Å². The fourth-order valence-corrected chi connectivity index (χ4v) is 4.78. The number of benzene rings is 1. The lowest BCUT2D eigenvalue weighted by Crippen LogP contribution is -2.49. The summed E-state index contributed by atoms with van der Waals surface area (Å²) in [5.74, 6) is 1.41. The second kappa shape index (κ2) is 9.18. The third-order valence-electron chi connectivity index (χ3n) is 6.73. The summed E-state index contributed by atoms with van der Waals surface area (Å²) in [7, 11) is 5.77. The van der Waals surface area contributed by atoms with Crippen LogP contribution in [-0.2, 0) is 18.4 Å². The van der Waals surface area contributed by atoms with E-state index < -0.39 is 0 Å². The van der Waals surface area contributed by atoms with Crippen LogP contribution in [0.2, 0.25) is 0 Å². The average Bonchev–Trinajstić information content (AvgIpc) is 3.38. The van der Waals surface area contributed by atoms with Crippen molar-refractivity contribution in [3.63, 3.8) is 0 Å². The molecule has 0 bridgehead atoms. The molecule has 162 valence electrons. The third kappa shape index (κ3) is 4.52. The standard InChI is InChI=1S/C23H33N5O2/c1-26-10-12-28(13-11-26)23(29)22-15-18(24-16-19-8-9-25-27(19)2)14-21(22)17-4-6-20(30-3)7-5-17/h4-9,18,21-22,24H,10-16H2,1-3H3/t18-,21+,22-/m0/s1. The summed E-state index contributed by atoms with van der Waals surface area (Å²) in [5.41, 5.74) is 2.39. The first kappa shape index (κ1) is 20.9. The van der Waals surface area contributed by atoms with Gasteiger partial charge in [0.15, 0.2) is 0 Å². The first-order valence-corrected chi connectivity index (χ1v) is 10.9. The van der Waals surface area contributed by atoms with Crippen LogP contribution in [0.5, 0.6) is 5.75 Å². The molecule has 0 spiro atoms. The third-order valence-corrected chi connectivity index (χ3v) is 6.73. The molecule has 2 heterocycles. The minimum Gasteiger partial charge on any atom is -0.497 e. The van der Waals surface area contributed by atoms with Gasteiger partial charge in [0.2, 0.25) is 5.91 Å². The molecule has 1 aromatic heterocycles. The van der Waals surface area contributed by atoms with Gasteiger partial charge in [-0.15, -0.1) is 0 Å². The number of carbonyl (C=O) groups is 1. The molecule has 1 saturated heterocycles. The summed E-state index contributed by atoms with van der Waals surface area (Å²) >= 11 is 0. The van der Waals surface area contributed by atoms with Crippen LogP contribution >= 0.6 is 0 Å². The largest absolute Gasteiger partial charge is 0.497 e. The van der Waals surface area contributed by atoms with Crippen molar-refractivity contribution in [3.8, 4) is 5.75 Å². The highest BCUT2D eigenvalue weighted by Gasteiger charge is 2.41. The van der Waals surface area contributed by atoms with Crippen molar-refractivity contribution >= 4 is 5.91 Å². The highest BCUT2D eigenvalue weighted by atomic mass is 16.5. The van der Waals surface area contributed by atoms with E-state index in [2.05, 4.69) is 39.4 Å². The second-order valence-electron chi connectivity index (χ2n) is 8.61. The Balaban J connectivity index is 1.49. The van der Waals surface area contributed by atoms with Crippen LogP contribution in [0.15, 0.2) is 36.5 Å². The molecular weight excluding hydrogens is 378 g/mol. The number of hydrogen-bond acceptors (Lipinski definition) is 5. The molecular formula is C23H33N5O2. The minimum absolute atomic E-state index is 0.0193. The van der Waals surface area contributed by atoms with E-state index in [0.29, 0.717) is 11.9 Å². The molecule has 0 radical (unpaired) electrons. The van der Waals surface area contributed by atoms with Crippen molar-refractivity contribution in [1.29, 1.82) is 0 Å². The number of aryl methyl sites for hydroxylation is 1. The Morgan fingerprint density at radius 3 is 2.47 bits per heavy atom. The SMILES string of the molecule is COc1ccc([C@H]2C[C@H](NCc3ccnn3C)C[C@@H]2C(=O)N2CCN(C)CC2)cc1. The Kier molecular flexibility index (Phi) is 6.39. The number of hydrogen-bond donors (Lipinski definition) is 1. The van der Waals surface area contributed by atoms with Crippen molar-refractivity contribution in [1.82, 2.24) is 24.9 Å². The predicted octanol–water partition coefficient (Wildman–Crippen LogP) is 1.85. The van der Waals surface area contributed by atoms with E-state index in [1.165, 1.54) is 5.56 Å². The summed E-state index contributed by atoms with van der Waals surface area (Å²) < 4.78 is 7.22. The fraction of sp³-hybridized carbons (Fsp3) is 0.565. The Morgan fingerprint density at radius 1 is 1.10 bits per heavy atom. The number of nitrogens with one attached hydrogen (secondary N) is 1. The van der Waals surface area contributed by atoms with Crippen molar-refractivity contribution in [3.05, 3.63) is 47.8 Å². The second-order valence-corrected chi connectivity index (χ2v) is 8.61. The van der Waals surface area contributed by atoms with Crippen molar-refractivity contribution in [2.24, 2.45) is 13.0 Å². The molecule has 4 rings (SSSR count). The van der Waals surface area contributed by atoms with E-state index >= 15 is 0 Å².